The molecule has 0 atom stereocenters. The van der Waals surface area contributed by atoms with Gasteiger partial charge in [-0.2, -0.15) is 0 Å². The Morgan fingerprint density at radius 3 is 2.89 bits per heavy atom. The zero-order valence-corrected chi connectivity index (χ0v) is 10.8. The Balaban J connectivity index is 1.66. The van der Waals surface area contributed by atoms with Crippen LogP contribution in [0.2, 0.25) is 0 Å². The van der Waals surface area contributed by atoms with Crippen LogP contribution in [0.3, 0.4) is 0 Å². The van der Waals surface area contributed by atoms with E-state index in [2.05, 4.69) is 57.7 Å². The van der Waals surface area contributed by atoms with E-state index in [0.29, 0.717) is 6.67 Å². The molecule has 0 aromatic heterocycles. The molecule has 1 aliphatic heterocycles. The van der Waals surface area contributed by atoms with Gasteiger partial charge in [-0.05, 0) is 31.9 Å². The van der Waals surface area contributed by atoms with E-state index in [1.165, 1.54) is 12.0 Å². The van der Waals surface area contributed by atoms with E-state index < -0.39 is 0 Å². The highest BCUT2D eigenvalue weighted by molar-refractivity contribution is 5.79. The topological polar surface area (TPSA) is 60.5 Å². The average molecular weight is 247 g/mol. The van der Waals surface area contributed by atoms with Crippen LogP contribution in [0.5, 0.6) is 0 Å². The van der Waals surface area contributed by atoms with Crippen LogP contribution in [0.4, 0.5) is 5.69 Å². The third kappa shape index (κ3) is 4.25. The minimum Gasteiger partial charge on any atom is -0.371 e. The summed E-state index contributed by atoms with van der Waals surface area (Å²) in [7, 11) is 0. The van der Waals surface area contributed by atoms with Crippen molar-refractivity contribution in [3.05, 3.63) is 29.8 Å². The second-order valence-corrected chi connectivity index (χ2v) is 4.39. The van der Waals surface area contributed by atoms with Crippen molar-refractivity contribution in [2.75, 3.05) is 25.1 Å². The first-order valence-corrected chi connectivity index (χ1v) is 6.42. The molecule has 0 saturated carbocycles. The molecule has 4 N–H and O–H groups in total. The van der Waals surface area contributed by atoms with Gasteiger partial charge in [-0.25, -0.2) is 5.43 Å². The molecule has 0 aliphatic carbocycles. The Morgan fingerprint density at radius 2 is 2.06 bits per heavy atom. The van der Waals surface area contributed by atoms with E-state index in [9.17, 15) is 0 Å². The van der Waals surface area contributed by atoms with E-state index in [-0.39, 0.29) is 0 Å². The molecule has 1 aromatic carbocycles. The third-order valence-corrected chi connectivity index (χ3v) is 2.79. The zero-order valence-electron chi connectivity index (χ0n) is 10.8. The summed E-state index contributed by atoms with van der Waals surface area (Å²) in [5.41, 5.74) is 8.53. The maximum absolute atomic E-state index is 4.38. The summed E-state index contributed by atoms with van der Waals surface area (Å²) in [5, 5.41) is 6.51. The molecule has 1 heterocycles. The molecule has 0 amide bonds. The Kier molecular flexibility index (Phi) is 4.84. The van der Waals surface area contributed by atoms with Crippen LogP contribution in [0.25, 0.3) is 0 Å². The number of guanidine groups is 1. The highest BCUT2D eigenvalue weighted by Gasteiger charge is 2.00. The van der Waals surface area contributed by atoms with Crippen molar-refractivity contribution in [2.24, 2.45) is 4.99 Å². The number of hydrogen-bond donors (Lipinski definition) is 4. The molecule has 0 bridgehead atoms. The van der Waals surface area contributed by atoms with Gasteiger partial charge in [0, 0.05) is 18.8 Å². The minimum atomic E-state index is 0.643. The quantitative estimate of drug-likeness (QED) is 0.367. The van der Waals surface area contributed by atoms with Crippen molar-refractivity contribution in [3.63, 3.8) is 0 Å². The molecule has 98 valence electrons. The van der Waals surface area contributed by atoms with Gasteiger partial charge in [0.15, 0.2) is 0 Å². The smallest absolute Gasteiger partial charge is 0.205 e. The third-order valence-electron chi connectivity index (χ3n) is 2.79. The second kappa shape index (κ2) is 6.86. The highest BCUT2D eigenvalue weighted by Crippen LogP contribution is 2.07. The van der Waals surface area contributed by atoms with Gasteiger partial charge in [0.25, 0.3) is 0 Å². The molecule has 18 heavy (non-hydrogen) atoms. The molecule has 2 rings (SSSR count). The zero-order chi connectivity index (χ0) is 12.6. The standard InChI is InChI=1S/C13H21N5/c1-11-4-6-12(7-5-11)16-10-17-18-13-14-8-2-3-9-15-13/h4-7,16-17H,2-3,8-10H2,1H3,(H2,14,15,18). The number of nitrogens with one attached hydrogen (secondary N) is 4. The lowest BCUT2D eigenvalue weighted by Crippen LogP contribution is -2.47. The van der Waals surface area contributed by atoms with Crippen LogP contribution >= 0.6 is 0 Å². The van der Waals surface area contributed by atoms with Crippen molar-refractivity contribution >= 4 is 11.6 Å². The van der Waals surface area contributed by atoms with Gasteiger partial charge in [0.2, 0.25) is 5.96 Å². The molecule has 0 spiro atoms. The molecule has 0 unspecified atom stereocenters. The van der Waals surface area contributed by atoms with Crippen LogP contribution in [-0.4, -0.2) is 25.7 Å². The first-order chi connectivity index (χ1) is 8.84. The fraction of sp³-hybridized carbons (Fsp3) is 0.462. The van der Waals surface area contributed by atoms with E-state index in [4.69, 9.17) is 0 Å². The van der Waals surface area contributed by atoms with Gasteiger partial charge in [0.05, 0.1) is 6.67 Å². The number of anilines is 1. The number of hydrogen-bond acceptors (Lipinski definition) is 5. The highest BCUT2D eigenvalue weighted by atomic mass is 15.5. The number of benzene rings is 1. The molecule has 0 radical (unpaired) electrons. The van der Waals surface area contributed by atoms with Crippen LogP contribution < -0.4 is 21.5 Å². The normalized spacial score (nSPS) is 15.3. The summed E-state index contributed by atoms with van der Waals surface area (Å²) >= 11 is 0. The van der Waals surface area contributed by atoms with Gasteiger partial charge in [-0.1, -0.05) is 17.7 Å². The SMILES string of the molecule is Cc1ccc(NCNNC2=NCCCCN2)cc1. The predicted molar refractivity (Wildman–Crippen MR) is 75.5 cm³/mol. The van der Waals surface area contributed by atoms with Gasteiger partial charge >= 0.3 is 0 Å². The van der Waals surface area contributed by atoms with Crippen LogP contribution in [0.15, 0.2) is 29.3 Å². The van der Waals surface area contributed by atoms with Crippen molar-refractivity contribution in [1.29, 1.82) is 0 Å². The molecule has 0 fully saturated rings. The Hall–Kier alpha value is -1.75. The fourth-order valence-electron chi connectivity index (χ4n) is 1.72. The van der Waals surface area contributed by atoms with Crippen LogP contribution in [0.1, 0.15) is 18.4 Å². The minimum absolute atomic E-state index is 0.643. The van der Waals surface area contributed by atoms with Crippen LogP contribution in [0, 0.1) is 6.92 Å². The van der Waals surface area contributed by atoms with Gasteiger partial charge in [0.1, 0.15) is 0 Å². The summed E-state index contributed by atoms with van der Waals surface area (Å²) < 4.78 is 0. The van der Waals surface area contributed by atoms with E-state index in [1.54, 1.807) is 0 Å². The summed E-state index contributed by atoms with van der Waals surface area (Å²) in [6.07, 6.45) is 2.33. The maximum atomic E-state index is 4.38. The number of hydrazine groups is 1. The van der Waals surface area contributed by atoms with Gasteiger partial charge in [-0.3, -0.25) is 10.4 Å². The molecular weight excluding hydrogens is 226 g/mol. The lowest BCUT2D eigenvalue weighted by Gasteiger charge is -2.12. The summed E-state index contributed by atoms with van der Waals surface area (Å²) in [6, 6.07) is 8.32. The predicted octanol–water partition coefficient (Wildman–Crippen LogP) is 1.20. The Morgan fingerprint density at radius 1 is 1.22 bits per heavy atom. The molecule has 5 nitrogen and oxygen atoms in total. The number of nitrogens with zero attached hydrogens (tertiary/aromatic N) is 1. The van der Waals surface area contributed by atoms with E-state index >= 15 is 0 Å². The van der Waals surface area contributed by atoms with Gasteiger partial charge in [-0.15, -0.1) is 0 Å². The largest absolute Gasteiger partial charge is 0.371 e. The van der Waals surface area contributed by atoms with Crippen molar-refractivity contribution in [3.8, 4) is 0 Å². The van der Waals surface area contributed by atoms with E-state index in [1.807, 2.05) is 0 Å². The van der Waals surface area contributed by atoms with Crippen molar-refractivity contribution in [2.45, 2.75) is 19.8 Å². The first-order valence-electron chi connectivity index (χ1n) is 6.42. The maximum Gasteiger partial charge on any atom is 0.205 e. The number of aliphatic imine (C=N–C) groups is 1. The monoisotopic (exact) mass is 247 g/mol. The molecule has 1 aliphatic rings. The van der Waals surface area contributed by atoms with Crippen molar-refractivity contribution < 1.29 is 0 Å². The average Bonchev–Trinajstić information content (AvgIpc) is 2.65. The summed E-state index contributed by atoms with van der Waals surface area (Å²) in [5.74, 6) is 0.832. The lowest BCUT2D eigenvalue weighted by atomic mass is 10.2. The van der Waals surface area contributed by atoms with Gasteiger partial charge < -0.3 is 10.6 Å². The first kappa shape index (κ1) is 12.7. The Bertz CT molecular complexity index is 385. The Labute approximate surface area is 108 Å². The molecule has 1 aromatic rings. The van der Waals surface area contributed by atoms with E-state index in [0.717, 1.165) is 31.2 Å². The van der Waals surface area contributed by atoms with Crippen LogP contribution in [-0.2, 0) is 0 Å². The number of aryl methyl sites for hydroxylation is 1. The molecule has 5 heteroatoms. The van der Waals surface area contributed by atoms with Crippen molar-refractivity contribution in [1.82, 2.24) is 16.2 Å². The fourth-order valence-corrected chi connectivity index (χ4v) is 1.72. The number of rotatable bonds is 4. The molecular formula is C13H21N5. The summed E-state index contributed by atoms with van der Waals surface area (Å²) in [6.45, 7) is 4.60. The summed E-state index contributed by atoms with van der Waals surface area (Å²) in [4.78, 5) is 4.38. The molecule has 0 saturated heterocycles. The lowest BCUT2D eigenvalue weighted by molar-refractivity contribution is 0.666. The second-order valence-electron chi connectivity index (χ2n) is 4.39.